The second kappa shape index (κ2) is 6.74. The minimum Gasteiger partial charge on any atom is -0.337 e. The molecule has 0 bridgehead atoms. The Morgan fingerprint density at radius 2 is 2.24 bits per heavy atom. The number of carbonyl (C=O) groups excluding carboxylic acids is 2. The third kappa shape index (κ3) is 3.16. The number of aromatic nitrogens is 3. The molecular formula is C20H18ClN5O2S. The molecule has 7 nitrogen and oxygen atoms in total. The number of nitrogens with one attached hydrogen (secondary N) is 2. The zero-order chi connectivity index (χ0) is 20.2. The van der Waals surface area contributed by atoms with Gasteiger partial charge in [0.2, 0.25) is 11.8 Å². The molecule has 2 aliphatic heterocycles. The van der Waals surface area contributed by atoms with E-state index < -0.39 is 6.04 Å². The van der Waals surface area contributed by atoms with Crippen LogP contribution in [-0.4, -0.2) is 48.3 Å². The minimum atomic E-state index is -0.439. The highest BCUT2D eigenvalue weighted by Crippen LogP contribution is 2.47. The smallest absolute Gasteiger partial charge is 0.248 e. The maximum atomic E-state index is 12.9. The zero-order valence-corrected chi connectivity index (χ0v) is 17.2. The number of amides is 2. The Balaban J connectivity index is 1.37. The number of nitrogens with zero attached hydrogens (tertiary/aromatic N) is 3. The number of imidazole rings is 1. The Morgan fingerprint density at radius 3 is 3.03 bits per heavy atom. The van der Waals surface area contributed by atoms with E-state index in [1.54, 1.807) is 35.0 Å². The van der Waals surface area contributed by atoms with Crippen molar-refractivity contribution < 1.29 is 9.59 Å². The van der Waals surface area contributed by atoms with Crippen LogP contribution >= 0.6 is 23.4 Å². The number of hydrogen-bond donors (Lipinski definition) is 2. The lowest BCUT2D eigenvalue weighted by Crippen LogP contribution is -2.48. The molecule has 0 aliphatic carbocycles. The number of rotatable bonds is 3. The fraction of sp³-hybridized carbons (Fsp3) is 0.300. The molecule has 2 aliphatic rings. The molecule has 0 radical (unpaired) electrons. The van der Waals surface area contributed by atoms with Crippen molar-refractivity contribution >= 4 is 51.9 Å². The van der Waals surface area contributed by atoms with Crippen LogP contribution in [0.5, 0.6) is 0 Å². The second-order valence-corrected chi connectivity index (χ2v) is 9.37. The first kappa shape index (κ1) is 18.4. The highest BCUT2D eigenvalue weighted by atomic mass is 35.5. The average Bonchev–Trinajstić information content (AvgIpc) is 3.35. The lowest BCUT2D eigenvalue weighted by Gasteiger charge is -2.29. The fourth-order valence-corrected chi connectivity index (χ4v) is 5.51. The number of benzene rings is 1. The third-order valence-electron chi connectivity index (χ3n) is 5.47. The van der Waals surface area contributed by atoms with Gasteiger partial charge in [0.05, 0.1) is 20.9 Å². The van der Waals surface area contributed by atoms with E-state index in [0.29, 0.717) is 34.4 Å². The van der Waals surface area contributed by atoms with Crippen molar-refractivity contribution in [1.29, 1.82) is 0 Å². The van der Waals surface area contributed by atoms with Crippen molar-refractivity contribution in [3.05, 3.63) is 41.6 Å². The molecule has 2 aromatic heterocycles. The minimum absolute atomic E-state index is 0.0572. The van der Waals surface area contributed by atoms with Gasteiger partial charge in [-0.1, -0.05) is 11.6 Å². The van der Waals surface area contributed by atoms with E-state index in [1.807, 2.05) is 25.1 Å². The predicted octanol–water partition coefficient (Wildman–Crippen LogP) is 3.67. The zero-order valence-electron chi connectivity index (χ0n) is 15.6. The third-order valence-corrected chi connectivity index (χ3v) is 7.20. The first-order chi connectivity index (χ1) is 13.9. The largest absolute Gasteiger partial charge is 0.337 e. The van der Waals surface area contributed by atoms with Crippen LogP contribution in [0.3, 0.4) is 0 Å². The quantitative estimate of drug-likeness (QED) is 0.665. The standard InChI is InChI=1S/C20H18ClN5O2S/c1-20-7-6-17(27)26(20)16(10-29-20)19(28)23-12-3-5-13-15(8-12)25-18(24-13)14-4-2-11(21)9-22-14/h2-5,8-9,16H,6-7,10H2,1H3,(H,23,28)(H,24,25)/t16-,20+/m0/s1. The number of aromatic amines is 1. The van der Waals surface area contributed by atoms with Crippen LogP contribution in [0, 0.1) is 0 Å². The summed E-state index contributed by atoms with van der Waals surface area (Å²) in [5.41, 5.74) is 2.91. The number of halogens is 1. The predicted molar refractivity (Wildman–Crippen MR) is 114 cm³/mol. The van der Waals surface area contributed by atoms with Gasteiger partial charge >= 0.3 is 0 Å². The van der Waals surface area contributed by atoms with Crippen molar-refractivity contribution in [2.75, 3.05) is 11.1 Å². The molecule has 0 saturated carbocycles. The molecule has 4 heterocycles. The topological polar surface area (TPSA) is 91.0 Å². The van der Waals surface area contributed by atoms with Crippen molar-refractivity contribution in [2.45, 2.75) is 30.7 Å². The molecule has 148 valence electrons. The molecule has 5 rings (SSSR count). The first-order valence-electron chi connectivity index (χ1n) is 9.32. The van der Waals surface area contributed by atoms with Crippen LogP contribution in [0.25, 0.3) is 22.6 Å². The molecule has 2 N–H and O–H groups in total. The summed E-state index contributed by atoms with van der Waals surface area (Å²) in [4.78, 5) is 38.7. The Bertz CT molecular complexity index is 1130. The SMILES string of the molecule is C[C@@]12CCC(=O)N1[C@H](C(=O)Nc1ccc3nc(-c4ccc(Cl)cn4)[nH]c3c1)CS2. The maximum absolute atomic E-state index is 12.9. The Labute approximate surface area is 176 Å². The van der Waals surface area contributed by atoms with E-state index >= 15 is 0 Å². The Morgan fingerprint density at radius 1 is 1.38 bits per heavy atom. The normalized spacial score (nSPS) is 23.6. The average molecular weight is 428 g/mol. The molecule has 9 heteroatoms. The van der Waals surface area contributed by atoms with E-state index in [1.165, 1.54) is 0 Å². The van der Waals surface area contributed by atoms with Gasteiger partial charge in [0.1, 0.15) is 11.7 Å². The molecule has 0 unspecified atom stereocenters. The molecular weight excluding hydrogens is 410 g/mol. The van der Waals surface area contributed by atoms with Crippen LogP contribution in [0.1, 0.15) is 19.8 Å². The Kier molecular flexibility index (Phi) is 4.29. The molecule has 2 amide bonds. The number of thioether (sulfide) groups is 1. The van der Waals surface area contributed by atoms with Crippen LogP contribution in [0.15, 0.2) is 36.5 Å². The molecule has 1 aromatic carbocycles. The van der Waals surface area contributed by atoms with Crippen LogP contribution < -0.4 is 5.32 Å². The van der Waals surface area contributed by atoms with Gasteiger partial charge < -0.3 is 15.2 Å². The summed E-state index contributed by atoms with van der Waals surface area (Å²) in [5, 5.41) is 3.52. The van der Waals surface area contributed by atoms with Gasteiger partial charge in [0, 0.05) is 24.1 Å². The molecule has 2 atom stereocenters. The summed E-state index contributed by atoms with van der Waals surface area (Å²) in [7, 11) is 0. The van der Waals surface area contributed by atoms with E-state index in [9.17, 15) is 9.59 Å². The van der Waals surface area contributed by atoms with Gasteiger partial charge in [-0.25, -0.2) is 4.98 Å². The van der Waals surface area contributed by atoms with Gasteiger partial charge in [-0.2, -0.15) is 0 Å². The fourth-order valence-electron chi connectivity index (χ4n) is 3.96. The van der Waals surface area contributed by atoms with Crippen LogP contribution in [0.2, 0.25) is 5.02 Å². The molecule has 2 saturated heterocycles. The van der Waals surface area contributed by atoms with Gasteiger partial charge in [0.25, 0.3) is 0 Å². The number of anilines is 1. The van der Waals surface area contributed by atoms with Gasteiger partial charge in [-0.15, -0.1) is 11.8 Å². The lowest BCUT2D eigenvalue weighted by atomic mass is 10.2. The van der Waals surface area contributed by atoms with Crippen molar-refractivity contribution in [1.82, 2.24) is 19.9 Å². The van der Waals surface area contributed by atoms with Crippen molar-refractivity contribution in [3.8, 4) is 11.5 Å². The summed E-state index contributed by atoms with van der Waals surface area (Å²) in [6.07, 6.45) is 2.87. The monoisotopic (exact) mass is 427 g/mol. The van der Waals surface area contributed by atoms with Gasteiger partial charge in [0.15, 0.2) is 5.82 Å². The number of pyridine rings is 1. The number of H-pyrrole nitrogens is 1. The second-order valence-electron chi connectivity index (χ2n) is 7.43. The Hall–Kier alpha value is -2.58. The van der Waals surface area contributed by atoms with E-state index in [4.69, 9.17) is 11.6 Å². The van der Waals surface area contributed by atoms with E-state index in [-0.39, 0.29) is 16.7 Å². The molecule has 2 fully saturated rings. The molecule has 29 heavy (non-hydrogen) atoms. The highest BCUT2D eigenvalue weighted by Gasteiger charge is 2.52. The number of hydrogen-bond acceptors (Lipinski definition) is 5. The summed E-state index contributed by atoms with van der Waals surface area (Å²) in [5.74, 6) is 1.15. The molecule has 0 spiro atoms. The first-order valence-corrected chi connectivity index (χ1v) is 10.7. The number of fused-ring (bicyclic) bond motifs is 2. The van der Waals surface area contributed by atoms with E-state index in [0.717, 1.165) is 17.5 Å². The summed E-state index contributed by atoms with van der Waals surface area (Å²) >= 11 is 7.58. The van der Waals surface area contributed by atoms with Gasteiger partial charge in [-0.3, -0.25) is 14.6 Å². The van der Waals surface area contributed by atoms with Crippen LogP contribution in [0.4, 0.5) is 5.69 Å². The van der Waals surface area contributed by atoms with Gasteiger partial charge in [-0.05, 0) is 43.7 Å². The van der Waals surface area contributed by atoms with Crippen molar-refractivity contribution in [3.63, 3.8) is 0 Å². The lowest BCUT2D eigenvalue weighted by molar-refractivity contribution is -0.135. The van der Waals surface area contributed by atoms with Crippen molar-refractivity contribution in [2.24, 2.45) is 0 Å². The maximum Gasteiger partial charge on any atom is 0.248 e. The highest BCUT2D eigenvalue weighted by molar-refractivity contribution is 8.01. The van der Waals surface area contributed by atoms with Crippen LogP contribution in [-0.2, 0) is 9.59 Å². The molecule has 3 aromatic rings. The summed E-state index contributed by atoms with van der Waals surface area (Å²) < 4.78 is 0. The summed E-state index contributed by atoms with van der Waals surface area (Å²) in [6.45, 7) is 2.04. The number of carbonyl (C=O) groups is 2. The van der Waals surface area contributed by atoms with E-state index in [2.05, 4.69) is 20.3 Å². The summed E-state index contributed by atoms with van der Waals surface area (Å²) in [6, 6.07) is 8.61.